The van der Waals surface area contributed by atoms with Gasteiger partial charge in [0.1, 0.15) is 12.2 Å². The Labute approximate surface area is 113 Å². The fourth-order valence-electron chi connectivity index (χ4n) is 1.83. The summed E-state index contributed by atoms with van der Waals surface area (Å²) >= 11 is 0. The van der Waals surface area contributed by atoms with Crippen LogP contribution in [0.15, 0.2) is 0 Å². The molecule has 0 aromatic carbocycles. The predicted molar refractivity (Wildman–Crippen MR) is 62.3 cm³/mol. The van der Waals surface area contributed by atoms with E-state index in [2.05, 4.69) is 5.32 Å². The predicted octanol–water partition coefficient (Wildman–Crippen LogP) is 1.21. The molecule has 2 amide bonds. The van der Waals surface area contributed by atoms with Crippen LogP contribution in [0.25, 0.3) is 0 Å². The van der Waals surface area contributed by atoms with E-state index in [4.69, 9.17) is 9.84 Å². The lowest BCUT2D eigenvalue weighted by atomic mass is 9.97. The fraction of sp³-hybridized carbons (Fsp3) is 0.818. The number of aliphatic carboxylic acids is 1. The van der Waals surface area contributed by atoms with Crippen LogP contribution < -0.4 is 5.32 Å². The smallest absolute Gasteiger partial charge is 0.389 e. The van der Waals surface area contributed by atoms with Crippen molar-refractivity contribution in [1.29, 1.82) is 0 Å². The first-order valence-corrected chi connectivity index (χ1v) is 6.07. The van der Waals surface area contributed by atoms with Crippen LogP contribution in [-0.4, -0.2) is 60.0 Å². The molecule has 6 nitrogen and oxygen atoms in total. The molecule has 1 rings (SSSR count). The summed E-state index contributed by atoms with van der Waals surface area (Å²) in [6.45, 7) is 1.60. The van der Waals surface area contributed by atoms with Crippen LogP contribution in [0.2, 0.25) is 0 Å². The van der Waals surface area contributed by atoms with Gasteiger partial charge in [0.2, 0.25) is 0 Å². The van der Waals surface area contributed by atoms with E-state index >= 15 is 0 Å². The van der Waals surface area contributed by atoms with Gasteiger partial charge in [-0.05, 0) is 13.3 Å². The minimum atomic E-state index is -4.22. The van der Waals surface area contributed by atoms with Gasteiger partial charge in [0.05, 0.1) is 13.1 Å². The molecule has 0 aromatic heterocycles. The van der Waals surface area contributed by atoms with Gasteiger partial charge < -0.3 is 20.1 Å². The molecule has 0 saturated carbocycles. The van der Waals surface area contributed by atoms with Crippen molar-refractivity contribution in [2.75, 3.05) is 26.2 Å². The molecule has 1 aliphatic heterocycles. The van der Waals surface area contributed by atoms with Crippen LogP contribution >= 0.6 is 0 Å². The number of likely N-dealkylation sites (tertiary alicyclic amines) is 1. The molecule has 1 aliphatic rings. The molecular formula is C11H17F3N2O4. The Morgan fingerprint density at radius 3 is 2.50 bits per heavy atom. The summed E-state index contributed by atoms with van der Waals surface area (Å²) in [6.07, 6.45) is -5.33. The van der Waals surface area contributed by atoms with E-state index in [1.807, 2.05) is 0 Å². The number of amides is 2. The molecule has 0 unspecified atom stereocenters. The van der Waals surface area contributed by atoms with Crippen LogP contribution in [0.3, 0.4) is 0 Å². The van der Waals surface area contributed by atoms with Crippen molar-refractivity contribution in [2.24, 2.45) is 0 Å². The summed E-state index contributed by atoms with van der Waals surface area (Å²) in [5, 5.41) is 10.8. The first-order valence-electron chi connectivity index (χ1n) is 6.07. The highest BCUT2D eigenvalue weighted by molar-refractivity contribution is 5.75. The van der Waals surface area contributed by atoms with Gasteiger partial charge in [0.25, 0.3) is 0 Å². The topological polar surface area (TPSA) is 78.9 Å². The molecule has 0 aliphatic carbocycles. The number of ether oxygens (including phenoxy) is 1. The highest BCUT2D eigenvalue weighted by atomic mass is 19.4. The zero-order chi connectivity index (χ0) is 15.4. The first kappa shape index (κ1) is 16.5. The number of hydrogen-bond donors (Lipinski definition) is 2. The maximum atomic E-state index is 11.9. The quantitative estimate of drug-likeness (QED) is 0.723. The lowest BCUT2D eigenvalue weighted by molar-refractivity contribution is -0.159. The van der Waals surface area contributed by atoms with Gasteiger partial charge in [-0.3, -0.25) is 0 Å². The number of carboxylic acid groups (broad SMARTS) is 1. The van der Waals surface area contributed by atoms with Crippen LogP contribution in [0.1, 0.15) is 19.8 Å². The number of alkyl halides is 3. The normalized spacial score (nSPS) is 17.5. The molecule has 0 spiro atoms. The minimum Gasteiger partial charge on any atom is -0.480 e. The number of urea groups is 1. The summed E-state index contributed by atoms with van der Waals surface area (Å²) in [5.41, 5.74) is -0.707. The van der Waals surface area contributed by atoms with Gasteiger partial charge in [-0.15, -0.1) is 0 Å². The van der Waals surface area contributed by atoms with Gasteiger partial charge in [0, 0.05) is 13.0 Å². The van der Waals surface area contributed by atoms with E-state index in [0.717, 1.165) is 0 Å². The van der Waals surface area contributed by atoms with Crippen molar-refractivity contribution in [3.63, 3.8) is 0 Å². The number of carbonyl (C=O) groups excluding carboxylic acids is 1. The summed E-state index contributed by atoms with van der Waals surface area (Å²) in [4.78, 5) is 23.2. The van der Waals surface area contributed by atoms with Crippen molar-refractivity contribution >= 4 is 12.0 Å². The fourth-order valence-corrected chi connectivity index (χ4v) is 1.83. The summed E-state index contributed by atoms with van der Waals surface area (Å²) < 4.78 is 40.7. The van der Waals surface area contributed by atoms with Gasteiger partial charge in [-0.2, -0.15) is 13.2 Å². The highest BCUT2D eigenvalue weighted by Crippen LogP contribution is 2.24. The van der Waals surface area contributed by atoms with Crippen molar-refractivity contribution < 1.29 is 32.6 Å². The zero-order valence-corrected chi connectivity index (χ0v) is 11.0. The molecular weight excluding hydrogens is 281 g/mol. The third-order valence-corrected chi connectivity index (χ3v) is 2.80. The molecule has 0 aromatic rings. The van der Waals surface area contributed by atoms with Gasteiger partial charge in [-0.1, -0.05) is 0 Å². The van der Waals surface area contributed by atoms with E-state index in [9.17, 15) is 22.8 Å². The van der Waals surface area contributed by atoms with Gasteiger partial charge >= 0.3 is 18.2 Å². The van der Waals surface area contributed by atoms with E-state index in [1.54, 1.807) is 6.92 Å². The molecule has 1 fully saturated rings. The number of halogens is 3. The van der Waals surface area contributed by atoms with E-state index in [1.165, 1.54) is 4.90 Å². The molecule has 0 atom stereocenters. The number of rotatable bonds is 6. The van der Waals surface area contributed by atoms with Crippen molar-refractivity contribution in [3.8, 4) is 0 Å². The van der Waals surface area contributed by atoms with Crippen LogP contribution in [0.4, 0.5) is 18.0 Å². The molecule has 2 N–H and O–H groups in total. The average Bonchev–Trinajstić information content (AvgIpc) is 2.27. The monoisotopic (exact) mass is 298 g/mol. The Kier molecular flexibility index (Phi) is 5.21. The Balaban J connectivity index is 2.16. The average molecular weight is 298 g/mol. The van der Waals surface area contributed by atoms with E-state index < -0.39 is 36.8 Å². The molecule has 0 radical (unpaired) electrons. The minimum absolute atomic E-state index is 0.0540. The molecule has 1 saturated heterocycles. The third kappa shape index (κ3) is 5.64. The molecule has 1 heterocycles. The standard InChI is InChI=1S/C11H17F3N2O4/c1-10(20-5-8(17)18)6-16(7-10)9(19)15-4-2-3-11(12,13)14/h2-7H2,1H3,(H,15,19)(H,17,18). The molecule has 20 heavy (non-hydrogen) atoms. The van der Waals surface area contributed by atoms with Crippen molar-refractivity contribution in [2.45, 2.75) is 31.5 Å². The maximum absolute atomic E-state index is 11.9. The number of nitrogens with zero attached hydrogens (tertiary/aromatic N) is 1. The van der Waals surface area contributed by atoms with Gasteiger partial charge in [-0.25, -0.2) is 9.59 Å². The Hall–Kier alpha value is -1.51. The lowest BCUT2D eigenvalue weighted by Gasteiger charge is -2.46. The maximum Gasteiger partial charge on any atom is 0.389 e. The second-order valence-electron chi connectivity index (χ2n) is 4.94. The number of carbonyl (C=O) groups is 2. The Morgan fingerprint density at radius 2 is 2.00 bits per heavy atom. The van der Waals surface area contributed by atoms with E-state index in [-0.39, 0.29) is 26.1 Å². The summed E-state index contributed by atoms with van der Waals surface area (Å²) in [7, 11) is 0. The second kappa shape index (κ2) is 6.29. The first-order chi connectivity index (χ1) is 9.11. The van der Waals surface area contributed by atoms with Crippen LogP contribution in [0.5, 0.6) is 0 Å². The molecule has 0 bridgehead atoms. The molecule has 9 heteroatoms. The van der Waals surface area contributed by atoms with E-state index in [0.29, 0.717) is 0 Å². The van der Waals surface area contributed by atoms with Crippen LogP contribution in [0, 0.1) is 0 Å². The number of carboxylic acids is 1. The third-order valence-electron chi connectivity index (χ3n) is 2.80. The van der Waals surface area contributed by atoms with Gasteiger partial charge in [0.15, 0.2) is 0 Å². The van der Waals surface area contributed by atoms with Crippen molar-refractivity contribution in [1.82, 2.24) is 10.2 Å². The number of hydrogen-bond acceptors (Lipinski definition) is 3. The Bertz CT molecular complexity index is 367. The van der Waals surface area contributed by atoms with Crippen LogP contribution in [-0.2, 0) is 9.53 Å². The lowest BCUT2D eigenvalue weighted by Crippen LogP contribution is -2.65. The Morgan fingerprint density at radius 1 is 1.40 bits per heavy atom. The summed E-state index contributed by atoms with van der Waals surface area (Å²) in [6, 6.07) is -0.469. The largest absolute Gasteiger partial charge is 0.480 e. The zero-order valence-electron chi connectivity index (χ0n) is 11.0. The molecule has 116 valence electrons. The number of nitrogens with one attached hydrogen (secondary N) is 1. The van der Waals surface area contributed by atoms with Crippen molar-refractivity contribution in [3.05, 3.63) is 0 Å². The summed E-state index contributed by atoms with van der Waals surface area (Å²) in [5.74, 6) is -1.10. The SMILES string of the molecule is CC1(OCC(=O)O)CN(C(=O)NCCCC(F)(F)F)C1. The second-order valence-corrected chi connectivity index (χ2v) is 4.94. The highest BCUT2D eigenvalue weighted by Gasteiger charge is 2.42.